The summed E-state index contributed by atoms with van der Waals surface area (Å²) in [6, 6.07) is 0. The number of hydrogen-bond donors (Lipinski definition) is 1. The average Bonchev–Trinajstić information content (AvgIpc) is 2.87. The fraction of sp³-hybridized carbons (Fsp3) is 0.667. The molecule has 0 aliphatic rings. The Bertz CT molecular complexity index is 605. The van der Waals surface area contributed by atoms with Gasteiger partial charge in [-0.15, -0.1) is 0 Å². The van der Waals surface area contributed by atoms with Crippen molar-refractivity contribution in [1.29, 1.82) is 0 Å². The Morgan fingerprint density at radius 1 is 1.19 bits per heavy atom. The van der Waals surface area contributed by atoms with Crippen molar-refractivity contribution < 1.29 is 5.11 Å². The number of hydrogen-bond acceptors (Lipinski definition) is 5. The summed E-state index contributed by atoms with van der Waals surface area (Å²) < 4.78 is 1.84. The molecule has 116 valence electrons. The van der Waals surface area contributed by atoms with Crippen LogP contribution in [-0.2, 0) is 0 Å². The van der Waals surface area contributed by atoms with Crippen LogP contribution >= 0.6 is 0 Å². The van der Waals surface area contributed by atoms with Gasteiger partial charge < -0.3 is 10.0 Å². The molecule has 0 unspecified atom stereocenters. The summed E-state index contributed by atoms with van der Waals surface area (Å²) in [6.45, 7) is 11.9. The Hall–Kier alpha value is -1.69. The lowest BCUT2D eigenvalue weighted by Crippen LogP contribution is -2.29. The number of likely N-dealkylation sites (N-methyl/N-ethyl adjacent to an activating group) is 1. The normalized spacial score (nSPS) is 11.8. The molecular weight excluding hydrogens is 266 g/mol. The fourth-order valence-electron chi connectivity index (χ4n) is 2.35. The minimum atomic E-state index is 0.0929. The summed E-state index contributed by atoms with van der Waals surface area (Å²) in [4.78, 5) is 11.3. The van der Waals surface area contributed by atoms with Crippen LogP contribution in [0.4, 0.5) is 5.95 Å². The second kappa shape index (κ2) is 6.39. The van der Waals surface area contributed by atoms with Gasteiger partial charge in [-0.3, -0.25) is 0 Å². The maximum absolute atomic E-state index is 9.21. The smallest absolute Gasteiger partial charge is 0.229 e. The largest absolute Gasteiger partial charge is 0.395 e. The van der Waals surface area contributed by atoms with Gasteiger partial charge in [-0.1, -0.05) is 27.7 Å². The molecule has 1 N–H and O–H groups in total. The van der Waals surface area contributed by atoms with E-state index in [9.17, 15) is 5.11 Å². The van der Waals surface area contributed by atoms with E-state index in [1.807, 2.05) is 22.5 Å². The predicted molar refractivity (Wildman–Crippen MR) is 83.9 cm³/mol. The van der Waals surface area contributed by atoms with E-state index in [1.165, 1.54) is 0 Å². The molecule has 0 aliphatic heterocycles. The van der Waals surface area contributed by atoms with Gasteiger partial charge in [0.2, 0.25) is 5.95 Å². The highest BCUT2D eigenvalue weighted by Gasteiger charge is 2.18. The number of nitrogens with zero attached hydrogens (tertiary/aromatic N) is 5. The Balaban J connectivity index is 2.64. The van der Waals surface area contributed by atoms with Crippen molar-refractivity contribution in [1.82, 2.24) is 19.6 Å². The molecule has 0 aromatic carbocycles. The van der Waals surface area contributed by atoms with Gasteiger partial charge in [0, 0.05) is 24.6 Å². The maximum atomic E-state index is 9.21. The summed E-state index contributed by atoms with van der Waals surface area (Å²) in [5, 5.41) is 13.7. The van der Waals surface area contributed by atoms with Crippen LogP contribution in [0.3, 0.4) is 0 Å². The van der Waals surface area contributed by atoms with E-state index in [1.54, 1.807) is 0 Å². The van der Waals surface area contributed by atoms with Crippen LogP contribution in [0.2, 0.25) is 0 Å². The molecule has 0 radical (unpaired) electrons. The second-order valence-electron chi connectivity index (χ2n) is 5.83. The van der Waals surface area contributed by atoms with Gasteiger partial charge in [0.25, 0.3) is 0 Å². The molecule has 0 amide bonds. The molecule has 2 rings (SSSR count). The molecule has 6 heteroatoms. The molecular formula is C15H25N5O. The van der Waals surface area contributed by atoms with E-state index >= 15 is 0 Å². The zero-order valence-electron chi connectivity index (χ0n) is 13.5. The molecule has 0 saturated carbocycles. The van der Waals surface area contributed by atoms with Crippen LogP contribution in [-0.4, -0.2) is 44.4 Å². The van der Waals surface area contributed by atoms with E-state index in [0.29, 0.717) is 18.4 Å². The molecule has 2 aromatic rings. The average molecular weight is 291 g/mol. The Kier molecular flexibility index (Phi) is 4.77. The first-order valence-corrected chi connectivity index (χ1v) is 7.60. The summed E-state index contributed by atoms with van der Waals surface area (Å²) >= 11 is 0. The van der Waals surface area contributed by atoms with Gasteiger partial charge in [0.05, 0.1) is 12.8 Å². The van der Waals surface area contributed by atoms with Gasteiger partial charge in [-0.25, -0.2) is 4.52 Å². The Labute approximate surface area is 125 Å². The number of aliphatic hydroxyl groups excluding tert-OH is 1. The van der Waals surface area contributed by atoms with Gasteiger partial charge in [0.15, 0.2) is 5.65 Å². The molecule has 0 bridgehead atoms. The van der Waals surface area contributed by atoms with Crippen molar-refractivity contribution >= 4 is 11.6 Å². The van der Waals surface area contributed by atoms with Crippen molar-refractivity contribution in [3.63, 3.8) is 0 Å². The highest BCUT2D eigenvalue weighted by atomic mass is 16.3. The van der Waals surface area contributed by atoms with E-state index in [4.69, 9.17) is 4.98 Å². The molecule has 6 nitrogen and oxygen atoms in total. The van der Waals surface area contributed by atoms with Crippen LogP contribution in [0.25, 0.3) is 5.65 Å². The van der Waals surface area contributed by atoms with Crippen molar-refractivity contribution in [2.45, 2.75) is 46.5 Å². The number of anilines is 1. The lowest BCUT2D eigenvalue weighted by molar-refractivity contribution is 0.301. The molecule has 0 aliphatic carbocycles. The van der Waals surface area contributed by atoms with Gasteiger partial charge in [0.1, 0.15) is 5.82 Å². The minimum absolute atomic E-state index is 0.0929. The number of rotatable bonds is 6. The molecule has 21 heavy (non-hydrogen) atoms. The zero-order chi connectivity index (χ0) is 15.6. The predicted octanol–water partition coefficient (Wildman–Crippen LogP) is 2.19. The van der Waals surface area contributed by atoms with Crippen molar-refractivity contribution in [2.24, 2.45) is 0 Å². The highest BCUT2D eigenvalue weighted by Crippen LogP contribution is 2.24. The van der Waals surface area contributed by atoms with Crippen LogP contribution < -0.4 is 4.90 Å². The van der Waals surface area contributed by atoms with Crippen LogP contribution in [0.15, 0.2) is 6.20 Å². The Morgan fingerprint density at radius 2 is 1.90 bits per heavy atom. The third-order valence-corrected chi connectivity index (χ3v) is 3.58. The molecule has 0 saturated heterocycles. The third-order valence-electron chi connectivity index (χ3n) is 3.58. The highest BCUT2D eigenvalue weighted by molar-refractivity contribution is 5.52. The first-order chi connectivity index (χ1) is 9.99. The summed E-state index contributed by atoms with van der Waals surface area (Å²) in [6.07, 6.45) is 1.88. The standard InChI is InChI=1S/C15H25N5O/c1-6-19(7-8-21)15-17-13(11(4)5)20-14(18-15)12(9-16-20)10(2)3/h9-11,21H,6-8H2,1-5H3. The second-order valence-corrected chi connectivity index (χ2v) is 5.83. The molecule has 2 aromatic heterocycles. The van der Waals surface area contributed by atoms with Crippen molar-refractivity contribution in [3.05, 3.63) is 17.6 Å². The number of fused-ring (bicyclic) bond motifs is 1. The van der Waals surface area contributed by atoms with E-state index in [0.717, 1.165) is 23.6 Å². The van der Waals surface area contributed by atoms with Crippen molar-refractivity contribution in [2.75, 3.05) is 24.6 Å². The zero-order valence-corrected chi connectivity index (χ0v) is 13.5. The van der Waals surface area contributed by atoms with E-state index in [2.05, 4.69) is 37.8 Å². The van der Waals surface area contributed by atoms with Crippen LogP contribution in [0.1, 0.15) is 57.8 Å². The van der Waals surface area contributed by atoms with E-state index < -0.39 is 0 Å². The summed E-state index contributed by atoms with van der Waals surface area (Å²) in [5.74, 6) is 2.18. The summed E-state index contributed by atoms with van der Waals surface area (Å²) in [5.41, 5.74) is 2.00. The summed E-state index contributed by atoms with van der Waals surface area (Å²) in [7, 11) is 0. The third kappa shape index (κ3) is 3.00. The first kappa shape index (κ1) is 15.7. The first-order valence-electron chi connectivity index (χ1n) is 7.60. The van der Waals surface area contributed by atoms with Gasteiger partial charge >= 0.3 is 0 Å². The lowest BCUT2D eigenvalue weighted by Gasteiger charge is -2.21. The van der Waals surface area contributed by atoms with Crippen LogP contribution in [0, 0.1) is 0 Å². The monoisotopic (exact) mass is 291 g/mol. The van der Waals surface area contributed by atoms with E-state index in [-0.39, 0.29) is 12.5 Å². The maximum Gasteiger partial charge on any atom is 0.229 e. The number of aromatic nitrogens is 4. The van der Waals surface area contributed by atoms with Gasteiger partial charge in [-0.05, 0) is 12.8 Å². The quantitative estimate of drug-likeness (QED) is 0.883. The molecule has 0 fully saturated rings. The van der Waals surface area contributed by atoms with Crippen molar-refractivity contribution in [3.8, 4) is 0 Å². The molecule has 0 spiro atoms. The topological polar surface area (TPSA) is 66.5 Å². The molecule has 0 atom stereocenters. The lowest BCUT2D eigenvalue weighted by atomic mass is 10.1. The Morgan fingerprint density at radius 3 is 2.43 bits per heavy atom. The SMILES string of the molecule is CCN(CCO)c1nc(C(C)C)n2ncc(C(C)C)c2n1. The van der Waals surface area contributed by atoms with Gasteiger partial charge in [-0.2, -0.15) is 15.1 Å². The fourth-order valence-corrected chi connectivity index (χ4v) is 2.35. The minimum Gasteiger partial charge on any atom is -0.395 e. The molecule has 2 heterocycles. The number of aliphatic hydroxyl groups is 1. The van der Waals surface area contributed by atoms with Crippen LogP contribution in [0.5, 0.6) is 0 Å².